The van der Waals surface area contributed by atoms with Crippen molar-refractivity contribution in [2.24, 2.45) is 0 Å². The summed E-state index contributed by atoms with van der Waals surface area (Å²) >= 11 is 0. The Morgan fingerprint density at radius 1 is 1.26 bits per heavy atom. The number of nitrogens with two attached hydrogens (primary N) is 1. The Morgan fingerprint density at radius 2 is 1.93 bits per heavy atom. The van der Waals surface area contributed by atoms with E-state index in [2.05, 4.69) is 4.98 Å². The van der Waals surface area contributed by atoms with Gasteiger partial charge < -0.3 is 10.5 Å². The maximum absolute atomic E-state index is 12.8. The van der Waals surface area contributed by atoms with Crippen LogP contribution in [-0.4, -0.2) is 29.2 Å². The second-order valence-corrected chi connectivity index (χ2v) is 6.27. The van der Waals surface area contributed by atoms with Gasteiger partial charge in [0.05, 0.1) is 19.7 Å². The number of allylic oxidation sites excluding steroid dienone is 1. The van der Waals surface area contributed by atoms with Crippen LogP contribution in [0.25, 0.3) is 0 Å². The third-order valence-corrected chi connectivity index (χ3v) is 3.86. The number of nitrogen functional groups attached to an aromatic ring is 1. The zero-order valence-electron chi connectivity index (χ0n) is 15.7. The predicted octanol–water partition coefficient (Wildman–Crippen LogP) is 1.26. The third kappa shape index (κ3) is 4.95. The van der Waals surface area contributed by atoms with Crippen molar-refractivity contribution in [1.29, 1.82) is 0 Å². The average molecular weight is 372 g/mol. The zero-order valence-corrected chi connectivity index (χ0v) is 15.7. The van der Waals surface area contributed by atoms with Crippen LogP contribution in [0.4, 0.5) is 11.5 Å². The number of amides is 1. The molecule has 3 N–H and O–H groups in total. The van der Waals surface area contributed by atoms with Gasteiger partial charge in [0, 0.05) is 13.2 Å². The summed E-state index contributed by atoms with van der Waals surface area (Å²) in [5, 5.41) is 0. The third-order valence-electron chi connectivity index (χ3n) is 3.86. The van der Waals surface area contributed by atoms with Gasteiger partial charge in [-0.2, -0.15) is 0 Å². The maximum atomic E-state index is 12.8. The Balaban J connectivity index is 2.61. The molecule has 1 aromatic carbocycles. The van der Waals surface area contributed by atoms with Crippen LogP contribution in [0.2, 0.25) is 0 Å². The summed E-state index contributed by atoms with van der Waals surface area (Å²) in [4.78, 5) is 40.9. The van der Waals surface area contributed by atoms with E-state index in [1.807, 2.05) is 30.3 Å². The molecule has 1 aromatic heterocycles. The van der Waals surface area contributed by atoms with Crippen molar-refractivity contribution >= 4 is 17.4 Å². The van der Waals surface area contributed by atoms with Crippen molar-refractivity contribution in [3.63, 3.8) is 0 Å². The van der Waals surface area contributed by atoms with Crippen LogP contribution in [0, 0.1) is 0 Å². The minimum Gasteiger partial charge on any atom is -0.383 e. The smallest absolute Gasteiger partial charge is 0.330 e. The van der Waals surface area contributed by atoms with E-state index >= 15 is 0 Å². The molecule has 0 radical (unpaired) electrons. The van der Waals surface area contributed by atoms with Gasteiger partial charge in [-0.15, -0.1) is 0 Å². The number of rotatable bonds is 7. The Hall–Kier alpha value is -3.13. The highest BCUT2D eigenvalue weighted by Gasteiger charge is 2.23. The van der Waals surface area contributed by atoms with Crippen LogP contribution in [0.15, 0.2) is 51.6 Å². The number of H-pyrrole nitrogens is 1. The molecular formula is C19H24N4O4. The minimum atomic E-state index is -0.711. The van der Waals surface area contributed by atoms with Crippen molar-refractivity contribution in [1.82, 2.24) is 9.55 Å². The minimum absolute atomic E-state index is 0.0583. The van der Waals surface area contributed by atoms with Gasteiger partial charge in [0.1, 0.15) is 5.82 Å². The molecule has 0 saturated carbocycles. The molecule has 27 heavy (non-hydrogen) atoms. The van der Waals surface area contributed by atoms with E-state index in [0.29, 0.717) is 0 Å². The molecule has 2 rings (SSSR count). The van der Waals surface area contributed by atoms with Gasteiger partial charge in [0.2, 0.25) is 0 Å². The SMILES string of the molecule is COCCn1c(N)c(N(Cc2ccccc2)C(=O)C=C(C)C)c(=O)[nH]c1=O. The summed E-state index contributed by atoms with van der Waals surface area (Å²) in [5.74, 6) is -0.472. The molecule has 0 spiro atoms. The van der Waals surface area contributed by atoms with Gasteiger partial charge in [-0.3, -0.25) is 24.0 Å². The van der Waals surface area contributed by atoms with E-state index in [9.17, 15) is 14.4 Å². The number of anilines is 2. The molecule has 0 fully saturated rings. The normalized spacial score (nSPS) is 10.5. The molecule has 8 nitrogen and oxygen atoms in total. The van der Waals surface area contributed by atoms with E-state index in [1.54, 1.807) is 13.8 Å². The van der Waals surface area contributed by atoms with Gasteiger partial charge in [0.25, 0.3) is 11.5 Å². The number of nitrogens with zero attached hydrogens (tertiary/aromatic N) is 2. The number of ether oxygens (including phenoxy) is 1. The average Bonchev–Trinajstić information content (AvgIpc) is 2.60. The molecule has 0 aliphatic heterocycles. The Labute approximate surface area is 156 Å². The highest BCUT2D eigenvalue weighted by Crippen LogP contribution is 2.20. The van der Waals surface area contributed by atoms with Crippen molar-refractivity contribution in [3.05, 3.63) is 68.4 Å². The van der Waals surface area contributed by atoms with Crippen molar-refractivity contribution < 1.29 is 9.53 Å². The summed E-state index contributed by atoms with van der Waals surface area (Å²) in [6.45, 7) is 4.09. The first-order valence-corrected chi connectivity index (χ1v) is 8.47. The van der Waals surface area contributed by atoms with Gasteiger partial charge in [-0.05, 0) is 19.4 Å². The van der Waals surface area contributed by atoms with Crippen LogP contribution in [0.5, 0.6) is 0 Å². The van der Waals surface area contributed by atoms with Crippen LogP contribution in [-0.2, 0) is 22.6 Å². The fraction of sp³-hybridized carbons (Fsp3) is 0.316. The molecule has 0 bridgehead atoms. The van der Waals surface area contributed by atoms with Crippen LogP contribution < -0.4 is 21.9 Å². The predicted molar refractivity (Wildman–Crippen MR) is 105 cm³/mol. The summed E-state index contributed by atoms with van der Waals surface area (Å²) < 4.78 is 6.17. The Morgan fingerprint density at radius 3 is 2.52 bits per heavy atom. The van der Waals surface area contributed by atoms with Crippen LogP contribution in [0.1, 0.15) is 19.4 Å². The van der Waals surface area contributed by atoms with Gasteiger partial charge in [0.15, 0.2) is 5.69 Å². The van der Waals surface area contributed by atoms with Gasteiger partial charge in [-0.25, -0.2) is 4.79 Å². The molecule has 8 heteroatoms. The van der Waals surface area contributed by atoms with E-state index in [4.69, 9.17) is 10.5 Å². The molecule has 0 atom stereocenters. The maximum Gasteiger partial charge on any atom is 0.330 e. The largest absolute Gasteiger partial charge is 0.383 e. The highest BCUT2D eigenvalue weighted by atomic mass is 16.5. The topological polar surface area (TPSA) is 110 Å². The first kappa shape index (κ1) is 20.2. The number of carbonyl (C=O) groups is 1. The lowest BCUT2D eigenvalue weighted by atomic mass is 10.2. The summed E-state index contributed by atoms with van der Waals surface area (Å²) in [5.41, 5.74) is 6.31. The number of nitrogens with one attached hydrogen (secondary N) is 1. The molecular weight excluding hydrogens is 348 g/mol. The summed E-state index contributed by atoms with van der Waals surface area (Å²) in [7, 11) is 1.49. The van der Waals surface area contributed by atoms with E-state index in [1.165, 1.54) is 22.7 Å². The highest BCUT2D eigenvalue weighted by molar-refractivity contribution is 6.03. The van der Waals surface area contributed by atoms with Crippen LogP contribution in [0.3, 0.4) is 0 Å². The number of methoxy groups -OCH3 is 1. The monoisotopic (exact) mass is 372 g/mol. The molecule has 0 aliphatic carbocycles. The molecule has 1 heterocycles. The molecule has 0 aliphatic rings. The van der Waals surface area contributed by atoms with Crippen molar-refractivity contribution in [3.8, 4) is 0 Å². The standard InChI is InChI=1S/C19H24N4O4/c1-13(2)11-15(24)23(12-14-7-5-4-6-8-14)16-17(20)22(9-10-27-3)19(26)21-18(16)25/h4-8,11H,9-10,12,20H2,1-3H3,(H,21,25,26). The lowest BCUT2D eigenvalue weighted by molar-refractivity contribution is -0.114. The fourth-order valence-electron chi connectivity index (χ4n) is 2.60. The Bertz CT molecular complexity index is 940. The van der Waals surface area contributed by atoms with Crippen LogP contribution >= 0.6 is 0 Å². The van der Waals surface area contributed by atoms with E-state index in [-0.39, 0.29) is 31.2 Å². The number of aromatic amines is 1. The molecule has 0 saturated heterocycles. The second kappa shape index (κ2) is 9.00. The first-order valence-electron chi connectivity index (χ1n) is 8.47. The zero-order chi connectivity index (χ0) is 20.0. The number of hydrogen-bond donors (Lipinski definition) is 2. The number of carbonyl (C=O) groups excluding carboxylic acids is 1. The number of hydrogen-bond acceptors (Lipinski definition) is 5. The van der Waals surface area contributed by atoms with Gasteiger partial charge in [-0.1, -0.05) is 35.9 Å². The Kier molecular flexibility index (Phi) is 6.73. The molecule has 1 amide bonds. The van der Waals surface area contributed by atoms with Crippen molar-refractivity contribution in [2.45, 2.75) is 26.9 Å². The fourth-order valence-corrected chi connectivity index (χ4v) is 2.60. The van der Waals surface area contributed by atoms with Gasteiger partial charge >= 0.3 is 5.69 Å². The molecule has 0 unspecified atom stereocenters. The molecule has 2 aromatic rings. The first-order chi connectivity index (χ1) is 12.8. The lowest BCUT2D eigenvalue weighted by Gasteiger charge is -2.23. The quantitative estimate of drug-likeness (QED) is 0.711. The second-order valence-electron chi connectivity index (χ2n) is 6.27. The number of aromatic nitrogens is 2. The van der Waals surface area contributed by atoms with Crippen molar-refractivity contribution in [2.75, 3.05) is 24.4 Å². The summed E-state index contributed by atoms with van der Waals surface area (Å²) in [6, 6.07) is 9.22. The summed E-state index contributed by atoms with van der Waals surface area (Å²) in [6.07, 6.45) is 1.42. The van der Waals surface area contributed by atoms with E-state index in [0.717, 1.165) is 11.1 Å². The molecule has 144 valence electrons. The number of benzene rings is 1. The lowest BCUT2D eigenvalue weighted by Crippen LogP contribution is -2.40. The van der Waals surface area contributed by atoms with E-state index < -0.39 is 17.2 Å².